The summed E-state index contributed by atoms with van der Waals surface area (Å²) in [4.78, 5) is 5.38. The van der Waals surface area contributed by atoms with Gasteiger partial charge in [0.15, 0.2) is 0 Å². The smallest absolute Gasteiger partial charge is 0.333 e. The first kappa shape index (κ1) is 40.2. The van der Waals surface area contributed by atoms with Crippen molar-refractivity contribution in [2.45, 2.75) is 111 Å². The highest BCUT2D eigenvalue weighted by molar-refractivity contribution is 7.26. The minimum absolute atomic E-state index is 0.00848. The van der Waals surface area contributed by atoms with E-state index in [4.69, 9.17) is 0 Å². The zero-order valence-corrected chi connectivity index (χ0v) is 39.8. The van der Waals surface area contributed by atoms with Crippen molar-refractivity contribution >= 4 is 77.7 Å². The van der Waals surface area contributed by atoms with Crippen LogP contribution in [-0.4, -0.2) is 6.85 Å². The monoisotopic (exact) mass is 838 g/mol. The Balaban J connectivity index is 1.29. The number of benzene rings is 7. The number of thiophene rings is 1. The Hall–Kier alpha value is -5.58. The van der Waals surface area contributed by atoms with Crippen LogP contribution in [0.3, 0.4) is 0 Å². The van der Waals surface area contributed by atoms with Crippen LogP contribution >= 0.6 is 11.3 Å². The Kier molecular flexibility index (Phi) is 8.75. The molecule has 0 saturated heterocycles. The van der Waals surface area contributed by atoms with Crippen molar-refractivity contribution in [2.75, 3.05) is 9.71 Å². The molecule has 0 amide bonds. The molecule has 8 aromatic rings. The molecule has 0 bridgehead atoms. The van der Waals surface area contributed by atoms with Gasteiger partial charge in [0.2, 0.25) is 0 Å². The quantitative estimate of drug-likeness (QED) is 0.164. The van der Waals surface area contributed by atoms with Gasteiger partial charge in [0.1, 0.15) is 0 Å². The number of hydrogen-bond acceptors (Lipinski definition) is 3. The van der Waals surface area contributed by atoms with E-state index in [2.05, 4.69) is 219 Å². The summed E-state index contributed by atoms with van der Waals surface area (Å²) in [6.45, 7) is 26.1. The summed E-state index contributed by atoms with van der Waals surface area (Å²) in [5.41, 5.74) is 21.3. The maximum Gasteiger partial charge on any atom is 0.333 e. The summed E-state index contributed by atoms with van der Waals surface area (Å²) in [6, 6.07) is 52.2. The van der Waals surface area contributed by atoms with Crippen molar-refractivity contribution in [3.05, 3.63) is 161 Å². The van der Waals surface area contributed by atoms with Crippen LogP contribution in [0.5, 0.6) is 0 Å². The van der Waals surface area contributed by atoms with Crippen LogP contribution in [0.25, 0.3) is 42.4 Å². The van der Waals surface area contributed by atoms with E-state index < -0.39 is 0 Å². The molecule has 3 aliphatic rings. The maximum atomic E-state index is 2.73. The summed E-state index contributed by atoms with van der Waals surface area (Å²) in [5.74, 6) is 0. The molecule has 7 aromatic carbocycles. The number of aryl methyl sites for hydroxylation is 1. The van der Waals surface area contributed by atoms with Crippen LogP contribution < -0.4 is 20.6 Å². The van der Waals surface area contributed by atoms with Crippen molar-refractivity contribution in [3.63, 3.8) is 0 Å². The highest BCUT2D eigenvalue weighted by Crippen LogP contribution is 2.54. The van der Waals surface area contributed by atoms with E-state index in [1.54, 1.807) is 0 Å². The Morgan fingerprint density at radius 1 is 0.524 bits per heavy atom. The third kappa shape index (κ3) is 6.26. The summed E-state index contributed by atoms with van der Waals surface area (Å²) < 4.78 is 2.66. The van der Waals surface area contributed by atoms with Crippen molar-refractivity contribution in [1.82, 2.24) is 0 Å². The molecule has 4 heteroatoms. The van der Waals surface area contributed by atoms with Gasteiger partial charge in [-0.1, -0.05) is 142 Å². The van der Waals surface area contributed by atoms with Crippen LogP contribution in [0.15, 0.2) is 133 Å². The van der Waals surface area contributed by atoms with Gasteiger partial charge in [0.05, 0.1) is 5.69 Å². The highest BCUT2D eigenvalue weighted by atomic mass is 32.1. The molecule has 2 aliphatic heterocycles. The molecular formula is C59H59BN2S. The molecule has 0 N–H and O–H groups in total. The number of anilines is 5. The fourth-order valence-corrected chi connectivity index (χ4v) is 12.2. The molecule has 1 aliphatic carbocycles. The molecule has 11 rings (SSSR count). The van der Waals surface area contributed by atoms with Gasteiger partial charge in [-0.3, -0.25) is 0 Å². The predicted octanol–water partition coefficient (Wildman–Crippen LogP) is 15.7. The Labute approximate surface area is 379 Å². The lowest BCUT2D eigenvalue weighted by molar-refractivity contribution is 0.332. The van der Waals surface area contributed by atoms with Gasteiger partial charge in [-0.05, 0) is 152 Å². The fraction of sp³-hybridized carbons (Fsp3) is 0.288. The Morgan fingerprint density at radius 2 is 1.17 bits per heavy atom. The first-order valence-corrected chi connectivity index (χ1v) is 23.9. The average Bonchev–Trinajstić information content (AvgIpc) is 3.61. The third-order valence-electron chi connectivity index (χ3n) is 14.9. The van der Waals surface area contributed by atoms with E-state index >= 15 is 0 Å². The van der Waals surface area contributed by atoms with E-state index in [1.165, 1.54) is 122 Å². The third-order valence-corrected chi connectivity index (χ3v) is 16.0. The molecule has 0 fully saturated rings. The molecule has 314 valence electrons. The average molecular weight is 839 g/mol. The molecule has 0 unspecified atom stereocenters. The van der Waals surface area contributed by atoms with Crippen molar-refractivity contribution in [1.29, 1.82) is 0 Å². The van der Waals surface area contributed by atoms with E-state index in [-0.39, 0.29) is 28.5 Å². The van der Waals surface area contributed by atoms with Crippen molar-refractivity contribution < 1.29 is 0 Å². The summed E-state index contributed by atoms with van der Waals surface area (Å²) in [6.07, 6.45) is 2.35. The van der Waals surface area contributed by atoms with Crippen LogP contribution in [0, 0.1) is 6.92 Å². The lowest BCUT2D eigenvalue weighted by Gasteiger charge is -2.48. The summed E-state index contributed by atoms with van der Waals surface area (Å²) >= 11 is 1.92. The first-order chi connectivity index (χ1) is 29.9. The second-order valence-electron chi connectivity index (χ2n) is 22.2. The number of nitrogens with zero attached hydrogens (tertiary/aromatic N) is 2. The molecule has 0 atom stereocenters. The van der Waals surface area contributed by atoms with Gasteiger partial charge >= 0.3 is 6.85 Å². The summed E-state index contributed by atoms with van der Waals surface area (Å²) in [7, 11) is 0. The van der Waals surface area contributed by atoms with Crippen molar-refractivity contribution in [3.8, 4) is 22.3 Å². The van der Waals surface area contributed by atoms with Gasteiger partial charge in [0.25, 0.3) is 0 Å². The minimum Gasteiger partial charge on any atom is -0.376 e. The van der Waals surface area contributed by atoms with E-state index in [9.17, 15) is 0 Å². The zero-order valence-electron chi connectivity index (χ0n) is 39.0. The Bertz CT molecular complexity index is 3160. The second kappa shape index (κ2) is 13.7. The number of fused-ring (bicyclic) bond motifs is 8. The SMILES string of the molecule is Cc1cc2c3c(c1)N(c1ccc(C(C)(C)C)cc1-c1ccccc1)c1cc4c(cc1B3N(c1ccc(C(C)(C)C)cc1)c1cc3c(cc1-2)C(C)(C)CCC3(C)C)sc1ccccc14. The maximum absolute atomic E-state index is 2.73. The van der Waals surface area contributed by atoms with E-state index in [0.717, 1.165) is 0 Å². The molecule has 3 heterocycles. The van der Waals surface area contributed by atoms with Gasteiger partial charge < -0.3 is 9.71 Å². The molecule has 2 nitrogen and oxygen atoms in total. The van der Waals surface area contributed by atoms with Gasteiger partial charge in [0, 0.05) is 54.0 Å². The van der Waals surface area contributed by atoms with Crippen LogP contribution in [-0.2, 0) is 21.7 Å². The topological polar surface area (TPSA) is 6.48 Å². The second-order valence-corrected chi connectivity index (χ2v) is 23.3. The molecule has 63 heavy (non-hydrogen) atoms. The van der Waals surface area contributed by atoms with Gasteiger partial charge in [-0.2, -0.15) is 0 Å². The normalized spacial score (nSPS) is 16.2. The van der Waals surface area contributed by atoms with Crippen LogP contribution in [0.2, 0.25) is 0 Å². The van der Waals surface area contributed by atoms with Crippen LogP contribution in [0.1, 0.15) is 110 Å². The highest BCUT2D eigenvalue weighted by Gasteiger charge is 2.48. The minimum atomic E-state index is -0.0590. The van der Waals surface area contributed by atoms with Crippen molar-refractivity contribution in [2.24, 2.45) is 0 Å². The predicted molar refractivity (Wildman–Crippen MR) is 276 cm³/mol. The van der Waals surface area contributed by atoms with E-state index in [0.29, 0.717) is 0 Å². The molecule has 0 saturated carbocycles. The van der Waals surface area contributed by atoms with E-state index in [1.807, 2.05) is 11.3 Å². The lowest BCUT2D eigenvalue weighted by Crippen LogP contribution is -2.61. The Morgan fingerprint density at radius 3 is 1.87 bits per heavy atom. The molecule has 1 aromatic heterocycles. The number of rotatable bonds is 3. The molecule has 0 radical (unpaired) electrons. The van der Waals surface area contributed by atoms with Crippen LogP contribution in [0.4, 0.5) is 28.4 Å². The fourth-order valence-electron chi connectivity index (χ4n) is 11.1. The summed E-state index contributed by atoms with van der Waals surface area (Å²) in [5, 5.41) is 2.64. The standard InChI is InChI=1S/C59H59BN2S/c1-36-29-45-43-32-46-47(59(10,11)28-27-58(46,8)9)34-50(43)62(40-24-21-38(22-25-40)56(2,3)4)60-48-35-54-44(41-19-15-16-20-53(41)63-54)33-51(48)61(52(30-36)55(45)60)49-26-23-39(57(5,6)7)31-42(49)37-17-13-12-14-18-37/h12-26,29-35H,27-28H2,1-11H3. The number of hydrogen-bond donors (Lipinski definition) is 0. The molecule has 0 spiro atoms. The largest absolute Gasteiger partial charge is 0.376 e. The zero-order chi connectivity index (χ0) is 44.0. The first-order valence-electron chi connectivity index (χ1n) is 23.1. The molecular weight excluding hydrogens is 780 g/mol. The van der Waals surface area contributed by atoms with Gasteiger partial charge in [-0.15, -0.1) is 11.3 Å². The van der Waals surface area contributed by atoms with Gasteiger partial charge in [-0.25, -0.2) is 0 Å². The lowest BCUT2D eigenvalue weighted by atomic mass is 9.43.